The zero-order valence-corrected chi connectivity index (χ0v) is 11.1. The molecular formula is C11H17FN4S. The summed E-state index contributed by atoms with van der Waals surface area (Å²) in [4.78, 5) is 10.0. The summed E-state index contributed by atoms with van der Waals surface area (Å²) in [7, 11) is 1.77. The van der Waals surface area contributed by atoms with Crippen molar-refractivity contribution in [3.63, 3.8) is 0 Å². The van der Waals surface area contributed by atoms with Crippen molar-refractivity contribution < 1.29 is 4.39 Å². The summed E-state index contributed by atoms with van der Waals surface area (Å²) in [5.41, 5.74) is 5.90. The highest BCUT2D eigenvalue weighted by atomic mass is 32.1. The summed E-state index contributed by atoms with van der Waals surface area (Å²) in [6.07, 6.45) is 2.44. The van der Waals surface area contributed by atoms with Gasteiger partial charge in [0.15, 0.2) is 11.6 Å². The zero-order chi connectivity index (χ0) is 13.0. The quantitative estimate of drug-likeness (QED) is 0.812. The monoisotopic (exact) mass is 256 g/mol. The fourth-order valence-corrected chi connectivity index (χ4v) is 1.77. The Hall–Kier alpha value is -1.30. The number of anilines is 1. The van der Waals surface area contributed by atoms with Gasteiger partial charge in [-0.1, -0.05) is 19.1 Å². The highest BCUT2D eigenvalue weighted by Gasteiger charge is 2.18. The molecule has 94 valence electrons. The first kappa shape index (κ1) is 13.8. The summed E-state index contributed by atoms with van der Waals surface area (Å²) in [6, 6.07) is 0.00149. The second-order valence-electron chi connectivity index (χ2n) is 3.94. The third-order valence-electron chi connectivity index (χ3n) is 2.67. The third-order valence-corrected chi connectivity index (χ3v) is 2.84. The molecule has 4 nitrogen and oxygen atoms in total. The average molecular weight is 256 g/mol. The molecule has 1 aromatic rings. The number of thiocarbonyl (C=S) groups is 1. The third kappa shape index (κ3) is 3.33. The van der Waals surface area contributed by atoms with Gasteiger partial charge < -0.3 is 10.6 Å². The average Bonchev–Trinajstić information content (AvgIpc) is 2.27. The maximum Gasteiger partial charge on any atom is 0.187 e. The van der Waals surface area contributed by atoms with Crippen LogP contribution in [0.15, 0.2) is 6.33 Å². The second-order valence-corrected chi connectivity index (χ2v) is 4.47. The smallest absolute Gasteiger partial charge is 0.187 e. The van der Waals surface area contributed by atoms with E-state index >= 15 is 0 Å². The van der Waals surface area contributed by atoms with E-state index in [2.05, 4.69) is 9.97 Å². The van der Waals surface area contributed by atoms with Gasteiger partial charge in [0.2, 0.25) is 0 Å². The van der Waals surface area contributed by atoms with E-state index in [9.17, 15) is 4.39 Å². The molecule has 0 saturated heterocycles. The first-order chi connectivity index (χ1) is 7.97. The maximum absolute atomic E-state index is 14.0. The van der Waals surface area contributed by atoms with Crippen molar-refractivity contribution in [3.05, 3.63) is 17.8 Å². The van der Waals surface area contributed by atoms with E-state index in [1.54, 1.807) is 11.9 Å². The van der Waals surface area contributed by atoms with Crippen LogP contribution in [0.1, 0.15) is 26.0 Å². The van der Waals surface area contributed by atoms with Gasteiger partial charge in [-0.3, -0.25) is 0 Å². The predicted molar refractivity (Wildman–Crippen MR) is 70.6 cm³/mol. The van der Waals surface area contributed by atoms with Crippen molar-refractivity contribution in [3.8, 4) is 0 Å². The van der Waals surface area contributed by atoms with E-state index in [4.69, 9.17) is 18.0 Å². The second kappa shape index (κ2) is 5.86. The lowest BCUT2D eigenvalue weighted by molar-refractivity contribution is 0.576. The lowest BCUT2D eigenvalue weighted by Gasteiger charge is -2.26. The molecule has 1 unspecified atom stereocenters. The molecular weight excluding hydrogens is 239 g/mol. The Balaban J connectivity index is 2.95. The fraction of sp³-hybridized carbons (Fsp3) is 0.545. The molecule has 0 aliphatic heterocycles. The maximum atomic E-state index is 14.0. The molecule has 1 heterocycles. The van der Waals surface area contributed by atoms with Crippen LogP contribution in [0.4, 0.5) is 10.2 Å². The number of aryl methyl sites for hydroxylation is 1. The largest absolute Gasteiger partial charge is 0.393 e. The molecule has 0 aliphatic carbocycles. The number of aromatic nitrogens is 2. The summed E-state index contributed by atoms with van der Waals surface area (Å²) in [5.74, 6) is -0.0760. The molecule has 1 aromatic heterocycles. The van der Waals surface area contributed by atoms with E-state index in [-0.39, 0.29) is 11.9 Å². The Morgan fingerprint density at radius 2 is 2.24 bits per heavy atom. The Labute approximate surface area is 106 Å². The lowest BCUT2D eigenvalue weighted by atomic mass is 10.2. The molecule has 0 radical (unpaired) electrons. The molecule has 0 aromatic carbocycles. The number of halogens is 1. The molecule has 0 amide bonds. The van der Waals surface area contributed by atoms with Gasteiger partial charge in [0, 0.05) is 19.5 Å². The molecule has 0 spiro atoms. The van der Waals surface area contributed by atoms with Crippen molar-refractivity contribution in [1.29, 1.82) is 0 Å². The number of rotatable bonds is 5. The normalized spacial score (nSPS) is 12.2. The van der Waals surface area contributed by atoms with Gasteiger partial charge in [-0.05, 0) is 13.3 Å². The number of hydrogen-bond acceptors (Lipinski definition) is 4. The standard InChI is InChI=1S/C11H17FN4S/c1-4-8-10(12)11(15-6-14-8)16(3)7(2)5-9(13)17/h6-7H,4-5H2,1-3H3,(H2,13,17). The van der Waals surface area contributed by atoms with Crippen LogP contribution in [0.3, 0.4) is 0 Å². The number of nitrogens with zero attached hydrogens (tertiary/aromatic N) is 3. The lowest BCUT2D eigenvalue weighted by Crippen LogP contribution is -2.34. The van der Waals surface area contributed by atoms with E-state index in [1.807, 2.05) is 13.8 Å². The SMILES string of the molecule is CCc1ncnc(N(C)C(C)CC(N)=S)c1F. The van der Waals surface area contributed by atoms with Crippen molar-refractivity contribution in [2.75, 3.05) is 11.9 Å². The van der Waals surface area contributed by atoms with E-state index in [0.29, 0.717) is 29.3 Å². The van der Waals surface area contributed by atoms with Crippen LogP contribution in [0.2, 0.25) is 0 Å². The zero-order valence-electron chi connectivity index (χ0n) is 10.3. The van der Waals surface area contributed by atoms with Gasteiger partial charge in [0.25, 0.3) is 0 Å². The molecule has 6 heteroatoms. The minimum atomic E-state index is -0.368. The van der Waals surface area contributed by atoms with Crippen molar-refractivity contribution >= 4 is 23.0 Å². The van der Waals surface area contributed by atoms with Gasteiger partial charge in [0.05, 0.1) is 10.7 Å². The van der Waals surface area contributed by atoms with Crippen LogP contribution in [0.25, 0.3) is 0 Å². The summed E-state index contributed by atoms with van der Waals surface area (Å²) < 4.78 is 14.0. The minimum absolute atomic E-state index is 0.00149. The van der Waals surface area contributed by atoms with Crippen molar-refractivity contribution in [1.82, 2.24) is 9.97 Å². The van der Waals surface area contributed by atoms with Gasteiger partial charge in [-0.2, -0.15) is 0 Å². The Morgan fingerprint density at radius 1 is 1.59 bits per heavy atom. The predicted octanol–water partition coefficient (Wildman–Crippen LogP) is 1.68. The van der Waals surface area contributed by atoms with Crippen LogP contribution in [0.5, 0.6) is 0 Å². The van der Waals surface area contributed by atoms with Crippen LogP contribution >= 0.6 is 12.2 Å². The first-order valence-electron chi connectivity index (χ1n) is 5.47. The van der Waals surface area contributed by atoms with Crippen LogP contribution in [0, 0.1) is 5.82 Å². The molecule has 1 rings (SSSR count). The molecule has 0 saturated carbocycles. The number of hydrogen-bond donors (Lipinski definition) is 1. The molecule has 0 bridgehead atoms. The highest BCUT2D eigenvalue weighted by Crippen LogP contribution is 2.19. The van der Waals surface area contributed by atoms with Gasteiger partial charge in [-0.15, -0.1) is 0 Å². The van der Waals surface area contributed by atoms with E-state index in [1.165, 1.54) is 6.33 Å². The summed E-state index contributed by atoms with van der Waals surface area (Å²) >= 11 is 4.85. The Morgan fingerprint density at radius 3 is 2.76 bits per heavy atom. The van der Waals surface area contributed by atoms with E-state index in [0.717, 1.165) is 0 Å². The number of nitrogens with two attached hydrogens (primary N) is 1. The molecule has 0 aliphatic rings. The summed E-state index contributed by atoms with van der Waals surface area (Å²) in [6.45, 7) is 3.78. The first-order valence-corrected chi connectivity index (χ1v) is 5.88. The topological polar surface area (TPSA) is 55.0 Å². The molecule has 17 heavy (non-hydrogen) atoms. The van der Waals surface area contributed by atoms with Crippen LogP contribution < -0.4 is 10.6 Å². The van der Waals surface area contributed by atoms with Crippen molar-refractivity contribution in [2.24, 2.45) is 5.73 Å². The Bertz CT molecular complexity index is 410. The fourth-order valence-electron chi connectivity index (χ4n) is 1.52. The molecule has 1 atom stereocenters. The van der Waals surface area contributed by atoms with Crippen LogP contribution in [-0.4, -0.2) is 28.0 Å². The highest BCUT2D eigenvalue weighted by molar-refractivity contribution is 7.80. The van der Waals surface area contributed by atoms with Gasteiger partial charge in [0.1, 0.15) is 6.33 Å². The Kier molecular flexibility index (Phi) is 4.74. The van der Waals surface area contributed by atoms with Crippen molar-refractivity contribution in [2.45, 2.75) is 32.7 Å². The van der Waals surface area contributed by atoms with Gasteiger partial charge in [-0.25, -0.2) is 14.4 Å². The van der Waals surface area contributed by atoms with Gasteiger partial charge >= 0.3 is 0 Å². The van der Waals surface area contributed by atoms with E-state index < -0.39 is 0 Å². The minimum Gasteiger partial charge on any atom is -0.393 e. The van der Waals surface area contributed by atoms with Crippen LogP contribution in [-0.2, 0) is 6.42 Å². The molecule has 0 fully saturated rings. The summed E-state index contributed by atoms with van der Waals surface area (Å²) in [5, 5.41) is 0. The molecule has 2 N–H and O–H groups in total.